The number of carbonyl (C=O) groups excluding carboxylic acids is 1. The summed E-state index contributed by atoms with van der Waals surface area (Å²) in [6.07, 6.45) is 2.67. The number of aryl methyl sites for hydroxylation is 1. The number of sulfonamides is 1. The van der Waals surface area contributed by atoms with Crippen molar-refractivity contribution in [2.45, 2.75) is 50.5 Å². The van der Waals surface area contributed by atoms with Gasteiger partial charge in [-0.25, -0.2) is 17.8 Å². The van der Waals surface area contributed by atoms with E-state index in [1.807, 2.05) is 30.3 Å². The van der Waals surface area contributed by atoms with Crippen LogP contribution in [0.3, 0.4) is 0 Å². The van der Waals surface area contributed by atoms with E-state index in [0.717, 1.165) is 36.2 Å². The summed E-state index contributed by atoms with van der Waals surface area (Å²) in [5, 5.41) is 7.70. The monoisotopic (exact) mass is 472 g/mol. The van der Waals surface area contributed by atoms with Crippen molar-refractivity contribution < 1.29 is 13.2 Å². The zero-order valence-corrected chi connectivity index (χ0v) is 19.7. The molecule has 2 N–H and O–H groups in total. The molecule has 7 nitrogen and oxygen atoms in total. The van der Waals surface area contributed by atoms with Crippen molar-refractivity contribution in [3.05, 3.63) is 70.4 Å². The first-order chi connectivity index (χ1) is 15.0. The maximum absolute atomic E-state index is 13.2. The van der Waals surface area contributed by atoms with Crippen LogP contribution in [0.2, 0.25) is 5.02 Å². The fourth-order valence-corrected chi connectivity index (χ4v) is 5.71. The van der Waals surface area contributed by atoms with Crippen LogP contribution in [0.1, 0.15) is 48.8 Å². The number of halogens is 1. The minimum absolute atomic E-state index is 0.0496. The number of aromatic nitrogens is 2. The minimum Gasteiger partial charge on any atom is -0.306 e. The molecule has 0 radical (unpaired) electrons. The molecular formula is C23H25ClN4O3S. The number of rotatable bonds is 5. The van der Waals surface area contributed by atoms with Gasteiger partial charge in [0.2, 0.25) is 10.0 Å². The van der Waals surface area contributed by atoms with E-state index in [1.165, 1.54) is 18.2 Å². The Hall–Kier alpha value is -2.68. The van der Waals surface area contributed by atoms with Crippen LogP contribution in [-0.2, 0) is 22.9 Å². The molecule has 0 atom stereocenters. The van der Waals surface area contributed by atoms with Crippen LogP contribution in [0.25, 0.3) is 5.69 Å². The Balaban J connectivity index is 1.69. The Morgan fingerprint density at radius 3 is 2.50 bits per heavy atom. The van der Waals surface area contributed by atoms with Gasteiger partial charge in [-0.2, -0.15) is 5.10 Å². The molecule has 1 aliphatic carbocycles. The number of benzene rings is 2. The number of fused-ring (bicyclic) bond motifs is 1. The SMILES string of the molecule is CC(C)(C)NS(=O)(=O)c1cc(C(=O)Nc2c3c(nn2-c2ccccc2)CCC3)ccc1Cl. The highest BCUT2D eigenvalue weighted by molar-refractivity contribution is 7.89. The Morgan fingerprint density at radius 2 is 1.81 bits per heavy atom. The number of nitrogens with zero attached hydrogens (tertiary/aromatic N) is 2. The normalized spacial score (nSPS) is 13.8. The van der Waals surface area contributed by atoms with Gasteiger partial charge in [-0.1, -0.05) is 29.8 Å². The van der Waals surface area contributed by atoms with Gasteiger partial charge in [-0.05, 0) is 70.4 Å². The number of nitrogens with one attached hydrogen (secondary N) is 2. The molecule has 0 fully saturated rings. The first-order valence-corrected chi connectivity index (χ1v) is 12.2. The highest BCUT2D eigenvalue weighted by atomic mass is 35.5. The second kappa shape index (κ2) is 8.35. The van der Waals surface area contributed by atoms with Gasteiger partial charge in [0.25, 0.3) is 5.91 Å². The third-order valence-electron chi connectivity index (χ3n) is 5.06. The highest BCUT2D eigenvalue weighted by Gasteiger charge is 2.27. The standard InChI is InChI=1S/C23H25ClN4O3S/c1-23(2,3)27-32(30,31)20-14-15(12-13-18(20)24)22(29)25-21-17-10-7-11-19(17)26-28(21)16-8-5-4-6-9-16/h4-6,8-9,12-14,27H,7,10-11H2,1-3H3,(H,25,29). The topological polar surface area (TPSA) is 93.1 Å². The average molecular weight is 473 g/mol. The molecule has 1 heterocycles. The highest BCUT2D eigenvalue weighted by Crippen LogP contribution is 2.32. The summed E-state index contributed by atoms with van der Waals surface area (Å²) in [5.74, 6) is 0.182. The summed E-state index contributed by atoms with van der Waals surface area (Å²) >= 11 is 6.17. The molecule has 0 bridgehead atoms. The summed E-state index contributed by atoms with van der Waals surface area (Å²) in [6, 6.07) is 13.8. The first kappa shape index (κ1) is 22.5. The van der Waals surface area contributed by atoms with Crippen LogP contribution in [0, 0.1) is 0 Å². The molecule has 0 unspecified atom stereocenters. The van der Waals surface area contributed by atoms with Crippen molar-refractivity contribution in [3.63, 3.8) is 0 Å². The zero-order chi connectivity index (χ0) is 23.1. The summed E-state index contributed by atoms with van der Waals surface area (Å²) < 4.78 is 29.9. The Labute approximate surface area is 192 Å². The van der Waals surface area contributed by atoms with E-state index in [2.05, 4.69) is 10.0 Å². The van der Waals surface area contributed by atoms with Crippen LogP contribution in [0.15, 0.2) is 53.4 Å². The van der Waals surface area contributed by atoms with Crippen LogP contribution in [-0.4, -0.2) is 29.6 Å². The van der Waals surface area contributed by atoms with E-state index in [0.29, 0.717) is 5.82 Å². The molecule has 168 valence electrons. The van der Waals surface area contributed by atoms with Gasteiger partial charge < -0.3 is 5.32 Å². The van der Waals surface area contributed by atoms with Crippen molar-refractivity contribution in [2.24, 2.45) is 0 Å². The van der Waals surface area contributed by atoms with E-state index in [9.17, 15) is 13.2 Å². The largest absolute Gasteiger partial charge is 0.306 e. The number of hydrogen-bond donors (Lipinski definition) is 2. The molecule has 1 aliphatic rings. The van der Waals surface area contributed by atoms with Gasteiger partial charge in [-0.15, -0.1) is 0 Å². The molecule has 0 spiro atoms. The number of para-hydroxylation sites is 1. The Morgan fingerprint density at radius 1 is 1.09 bits per heavy atom. The molecule has 9 heteroatoms. The predicted octanol–water partition coefficient (Wildman–Crippen LogP) is 4.34. The van der Waals surface area contributed by atoms with Crippen LogP contribution in [0.5, 0.6) is 0 Å². The van der Waals surface area contributed by atoms with Crippen molar-refractivity contribution in [1.29, 1.82) is 0 Å². The first-order valence-electron chi connectivity index (χ1n) is 10.4. The summed E-state index contributed by atoms with van der Waals surface area (Å²) in [6.45, 7) is 5.21. The fraction of sp³-hybridized carbons (Fsp3) is 0.304. The number of anilines is 1. The summed E-state index contributed by atoms with van der Waals surface area (Å²) in [7, 11) is -3.91. The zero-order valence-electron chi connectivity index (χ0n) is 18.1. The van der Waals surface area contributed by atoms with E-state index in [4.69, 9.17) is 16.7 Å². The van der Waals surface area contributed by atoms with Gasteiger partial charge in [0.15, 0.2) is 0 Å². The van der Waals surface area contributed by atoms with Crippen LogP contribution < -0.4 is 10.0 Å². The third-order valence-corrected chi connectivity index (χ3v) is 7.30. The quantitative estimate of drug-likeness (QED) is 0.577. The summed E-state index contributed by atoms with van der Waals surface area (Å²) in [4.78, 5) is 13.0. The smallest absolute Gasteiger partial charge is 0.256 e. The van der Waals surface area contributed by atoms with Crippen molar-refractivity contribution in [2.75, 3.05) is 5.32 Å². The Kier molecular flexibility index (Phi) is 5.87. The summed E-state index contributed by atoms with van der Waals surface area (Å²) in [5.41, 5.74) is 2.32. The molecular weight excluding hydrogens is 448 g/mol. The van der Waals surface area contributed by atoms with Gasteiger partial charge in [0.1, 0.15) is 10.7 Å². The maximum Gasteiger partial charge on any atom is 0.256 e. The third kappa shape index (κ3) is 4.57. The van der Waals surface area contributed by atoms with Crippen molar-refractivity contribution in [3.8, 4) is 5.69 Å². The lowest BCUT2D eigenvalue weighted by molar-refractivity contribution is 0.102. The Bertz CT molecular complexity index is 1280. The second-order valence-electron chi connectivity index (χ2n) is 8.83. The maximum atomic E-state index is 13.2. The lowest BCUT2D eigenvalue weighted by Gasteiger charge is -2.21. The molecule has 1 aromatic heterocycles. The van der Waals surface area contributed by atoms with Gasteiger partial charge in [0.05, 0.1) is 16.4 Å². The minimum atomic E-state index is -3.91. The van der Waals surface area contributed by atoms with Crippen LogP contribution >= 0.6 is 11.6 Å². The number of amides is 1. The van der Waals surface area contributed by atoms with E-state index in [-0.39, 0.29) is 15.5 Å². The molecule has 0 saturated carbocycles. The van der Waals surface area contributed by atoms with Gasteiger partial charge in [-0.3, -0.25) is 4.79 Å². The number of carbonyl (C=O) groups is 1. The van der Waals surface area contributed by atoms with E-state index >= 15 is 0 Å². The number of hydrogen-bond acceptors (Lipinski definition) is 4. The van der Waals surface area contributed by atoms with Gasteiger partial charge >= 0.3 is 0 Å². The van der Waals surface area contributed by atoms with E-state index in [1.54, 1.807) is 25.5 Å². The van der Waals surface area contributed by atoms with Crippen molar-refractivity contribution in [1.82, 2.24) is 14.5 Å². The molecule has 2 aromatic carbocycles. The second-order valence-corrected chi connectivity index (χ2v) is 10.9. The van der Waals surface area contributed by atoms with E-state index < -0.39 is 21.5 Å². The lowest BCUT2D eigenvalue weighted by Crippen LogP contribution is -2.40. The molecule has 0 saturated heterocycles. The molecule has 1 amide bonds. The average Bonchev–Trinajstić information content (AvgIpc) is 3.29. The molecule has 3 aromatic rings. The predicted molar refractivity (Wildman–Crippen MR) is 125 cm³/mol. The molecule has 4 rings (SSSR count). The molecule has 32 heavy (non-hydrogen) atoms. The van der Waals surface area contributed by atoms with Crippen LogP contribution in [0.4, 0.5) is 5.82 Å². The van der Waals surface area contributed by atoms with Crippen molar-refractivity contribution >= 4 is 33.3 Å². The fourth-order valence-electron chi connectivity index (χ4n) is 3.76. The molecule has 0 aliphatic heterocycles. The van der Waals surface area contributed by atoms with Gasteiger partial charge in [0, 0.05) is 16.7 Å². The lowest BCUT2D eigenvalue weighted by atomic mass is 10.1.